The van der Waals surface area contributed by atoms with Crippen molar-refractivity contribution in [2.24, 2.45) is 5.92 Å². The molecule has 0 unspecified atom stereocenters. The van der Waals surface area contributed by atoms with E-state index in [1.165, 1.54) is 17.8 Å². The number of hydrogen-bond acceptors (Lipinski definition) is 5. The first-order valence-corrected chi connectivity index (χ1v) is 8.96. The number of Topliss-reactive ketones (excluding diaryl/α,β-unsaturated/α-hetero) is 1. The Hall–Kier alpha value is -1.69. The van der Waals surface area contributed by atoms with Gasteiger partial charge in [-0.05, 0) is 30.2 Å². The van der Waals surface area contributed by atoms with Gasteiger partial charge < -0.3 is 10.1 Å². The van der Waals surface area contributed by atoms with Crippen molar-refractivity contribution >= 4 is 29.0 Å². The van der Waals surface area contributed by atoms with Crippen LogP contribution in [0.3, 0.4) is 0 Å². The van der Waals surface area contributed by atoms with Gasteiger partial charge in [-0.25, -0.2) is 0 Å². The molecule has 0 saturated heterocycles. The average Bonchev–Trinajstić information content (AvgIpc) is 3.07. The van der Waals surface area contributed by atoms with Crippen molar-refractivity contribution in [3.63, 3.8) is 0 Å². The van der Waals surface area contributed by atoms with E-state index in [0.29, 0.717) is 10.8 Å². The summed E-state index contributed by atoms with van der Waals surface area (Å²) in [4.78, 5) is 35.9. The van der Waals surface area contributed by atoms with Crippen molar-refractivity contribution in [3.8, 4) is 0 Å². The van der Waals surface area contributed by atoms with Crippen LogP contribution in [0.25, 0.3) is 0 Å². The van der Waals surface area contributed by atoms with Gasteiger partial charge in [-0.2, -0.15) is 0 Å². The SMILES string of the molecule is C[C@H]1CCCC[C@H]1NC(=O)COC(=O)CCC(=O)c1cccs1. The first-order valence-electron chi connectivity index (χ1n) is 8.08. The summed E-state index contributed by atoms with van der Waals surface area (Å²) in [6, 6.07) is 3.71. The van der Waals surface area contributed by atoms with Crippen LogP contribution in [0.4, 0.5) is 0 Å². The van der Waals surface area contributed by atoms with Gasteiger partial charge in [0.1, 0.15) is 0 Å². The number of nitrogens with one attached hydrogen (secondary N) is 1. The molecular formula is C17H23NO4S. The monoisotopic (exact) mass is 337 g/mol. The van der Waals surface area contributed by atoms with E-state index in [9.17, 15) is 14.4 Å². The third-order valence-electron chi connectivity index (χ3n) is 4.17. The Morgan fingerprint density at radius 3 is 2.74 bits per heavy atom. The van der Waals surface area contributed by atoms with Crippen molar-refractivity contribution in [2.45, 2.75) is 51.5 Å². The molecule has 6 heteroatoms. The minimum absolute atomic E-state index is 0.00381. The first kappa shape index (κ1) is 17.7. The van der Waals surface area contributed by atoms with Gasteiger partial charge in [0, 0.05) is 12.5 Å². The van der Waals surface area contributed by atoms with Gasteiger partial charge >= 0.3 is 5.97 Å². The molecule has 23 heavy (non-hydrogen) atoms. The molecule has 1 fully saturated rings. The molecule has 0 bridgehead atoms. The number of amides is 1. The van der Waals surface area contributed by atoms with E-state index in [1.807, 2.05) is 5.38 Å². The van der Waals surface area contributed by atoms with Crippen molar-refractivity contribution in [2.75, 3.05) is 6.61 Å². The lowest BCUT2D eigenvalue weighted by molar-refractivity contribution is -0.148. The van der Waals surface area contributed by atoms with Crippen LogP contribution in [0.2, 0.25) is 0 Å². The highest BCUT2D eigenvalue weighted by Gasteiger charge is 2.23. The van der Waals surface area contributed by atoms with E-state index in [-0.39, 0.29) is 37.2 Å². The number of carbonyl (C=O) groups is 3. The average molecular weight is 337 g/mol. The van der Waals surface area contributed by atoms with E-state index in [4.69, 9.17) is 4.74 Å². The molecule has 0 aliphatic heterocycles. The minimum atomic E-state index is -0.512. The number of hydrogen-bond donors (Lipinski definition) is 1. The maximum atomic E-state index is 11.8. The fourth-order valence-corrected chi connectivity index (χ4v) is 3.47. The third-order valence-corrected chi connectivity index (χ3v) is 5.09. The van der Waals surface area contributed by atoms with Gasteiger partial charge in [0.15, 0.2) is 12.4 Å². The fraction of sp³-hybridized carbons (Fsp3) is 0.588. The Balaban J connectivity index is 1.63. The van der Waals surface area contributed by atoms with Crippen LogP contribution in [-0.2, 0) is 14.3 Å². The Kier molecular flexibility index (Phi) is 6.77. The molecule has 1 aromatic heterocycles. The Bertz CT molecular complexity index is 541. The molecule has 1 saturated carbocycles. The third kappa shape index (κ3) is 5.78. The summed E-state index contributed by atoms with van der Waals surface area (Å²) >= 11 is 1.35. The minimum Gasteiger partial charge on any atom is -0.456 e. The van der Waals surface area contributed by atoms with Gasteiger partial charge in [-0.1, -0.05) is 25.8 Å². The van der Waals surface area contributed by atoms with Crippen LogP contribution < -0.4 is 5.32 Å². The Morgan fingerprint density at radius 2 is 2.04 bits per heavy atom. The molecule has 1 heterocycles. The number of esters is 1. The second kappa shape index (κ2) is 8.82. The zero-order valence-corrected chi connectivity index (χ0v) is 14.2. The fourth-order valence-electron chi connectivity index (χ4n) is 2.77. The van der Waals surface area contributed by atoms with Crippen molar-refractivity contribution in [1.29, 1.82) is 0 Å². The lowest BCUT2D eigenvalue weighted by Crippen LogP contribution is -2.42. The smallest absolute Gasteiger partial charge is 0.306 e. The summed E-state index contributed by atoms with van der Waals surface area (Å²) in [5.41, 5.74) is 0. The van der Waals surface area contributed by atoms with Crippen molar-refractivity contribution < 1.29 is 19.1 Å². The highest BCUT2D eigenvalue weighted by molar-refractivity contribution is 7.12. The molecule has 0 aromatic carbocycles. The van der Waals surface area contributed by atoms with Gasteiger partial charge in [0.05, 0.1) is 11.3 Å². The summed E-state index contributed by atoms with van der Waals surface area (Å²) in [5, 5.41) is 4.75. The van der Waals surface area contributed by atoms with Crippen LogP contribution in [0.5, 0.6) is 0 Å². The summed E-state index contributed by atoms with van der Waals surface area (Å²) in [6.07, 6.45) is 4.55. The number of carbonyl (C=O) groups excluding carboxylic acids is 3. The normalized spacial score (nSPS) is 20.7. The van der Waals surface area contributed by atoms with Crippen molar-refractivity contribution in [1.82, 2.24) is 5.32 Å². The van der Waals surface area contributed by atoms with Crippen LogP contribution in [0, 0.1) is 5.92 Å². The number of thiophene rings is 1. The predicted molar refractivity (Wildman–Crippen MR) is 88.4 cm³/mol. The van der Waals surface area contributed by atoms with Crippen molar-refractivity contribution in [3.05, 3.63) is 22.4 Å². The quantitative estimate of drug-likeness (QED) is 0.613. The molecule has 5 nitrogen and oxygen atoms in total. The predicted octanol–water partition coefficient (Wildman–Crippen LogP) is 2.95. The maximum absolute atomic E-state index is 11.8. The van der Waals surface area contributed by atoms with E-state index in [0.717, 1.165) is 19.3 Å². The van der Waals surface area contributed by atoms with E-state index in [1.54, 1.807) is 12.1 Å². The van der Waals surface area contributed by atoms with E-state index >= 15 is 0 Å². The largest absolute Gasteiger partial charge is 0.456 e. The molecule has 1 aliphatic carbocycles. The molecule has 1 amide bonds. The highest BCUT2D eigenvalue weighted by Crippen LogP contribution is 2.23. The lowest BCUT2D eigenvalue weighted by atomic mass is 9.86. The number of rotatable bonds is 7. The van der Waals surface area contributed by atoms with Gasteiger partial charge in [0.2, 0.25) is 0 Å². The van der Waals surface area contributed by atoms with Gasteiger partial charge in [-0.3, -0.25) is 14.4 Å². The molecule has 2 atom stereocenters. The number of ketones is 1. The second-order valence-corrected chi connectivity index (χ2v) is 6.94. The van der Waals surface area contributed by atoms with Crippen LogP contribution in [0.15, 0.2) is 17.5 Å². The molecule has 1 aliphatic rings. The van der Waals surface area contributed by atoms with E-state index in [2.05, 4.69) is 12.2 Å². The zero-order chi connectivity index (χ0) is 16.7. The maximum Gasteiger partial charge on any atom is 0.306 e. The molecule has 1 aromatic rings. The Morgan fingerprint density at radius 1 is 1.26 bits per heavy atom. The lowest BCUT2D eigenvalue weighted by Gasteiger charge is -2.29. The van der Waals surface area contributed by atoms with Gasteiger partial charge in [0.25, 0.3) is 5.91 Å². The summed E-state index contributed by atoms with van der Waals surface area (Å²) in [5.74, 6) is -0.382. The second-order valence-electron chi connectivity index (χ2n) is 6.00. The van der Waals surface area contributed by atoms with Crippen LogP contribution >= 0.6 is 11.3 Å². The molecule has 2 rings (SSSR count). The van der Waals surface area contributed by atoms with Crippen LogP contribution in [-0.4, -0.2) is 30.3 Å². The molecule has 0 radical (unpaired) electrons. The topological polar surface area (TPSA) is 72.5 Å². The summed E-state index contributed by atoms with van der Waals surface area (Å²) < 4.78 is 4.95. The standard InChI is InChI=1S/C17H23NO4S/c1-12-5-2-3-6-13(12)18-16(20)11-22-17(21)9-8-14(19)15-7-4-10-23-15/h4,7,10,12-13H,2-3,5-6,8-9,11H2,1H3,(H,18,20)/t12-,13+/m0/s1. The molecular weight excluding hydrogens is 314 g/mol. The first-order chi connectivity index (χ1) is 11.1. The molecule has 126 valence electrons. The molecule has 0 spiro atoms. The zero-order valence-electron chi connectivity index (χ0n) is 13.4. The van der Waals surface area contributed by atoms with E-state index < -0.39 is 5.97 Å². The van der Waals surface area contributed by atoms with Crippen LogP contribution in [0.1, 0.15) is 55.1 Å². The summed E-state index contributed by atoms with van der Waals surface area (Å²) in [7, 11) is 0. The Labute approximate surface area is 140 Å². The van der Waals surface area contributed by atoms with Gasteiger partial charge in [-0.15, -0.1) is 11.3 Å². The highest BCUT2D eigenvalue weighted by atomic mass is 32.1. The number of ether oxygens (including phenoxy) is 1. The summed E-state index contributed by atoms with van der Waals surface area (Å²) in [6.45, 7) is 1.86. The molecule has 1 N–H and O–H groups in total.